The van der Waals surface area contributed by atoms with Crippen molar-refractivity contribution in [2.24, 2.45) is 0 Å². The summed E-state index contributed by atoms with van der Waals surface area (Å²) in [7, 11) is 0. The molecule has 0 aliphatic carbocycles. The molecule has 2 aromatic carbocycles. The van der Waals surface area contributed by atoms with Gasteiger partial charge in [0.15, 0.2) is 6.04 Å². The second-order valence-corrected chi connectivity index (χ2v) is 6.86. The molecular weight excluding hydrogens is 344 g/mol. The molecule has 0 radical (unpaired) electrons. The molecule has 5 heteroatoms. The Morgan fingerprint density at radius 2 is 1.85 bits per heavy atom. The number of carbonyl (C=O) groups excluding carboxylic acids is 1. The summed E-state index contributed by atoms with van der Waals surface area (Å²) in [5, 5.41) is 7.16. The van der Waals surface area contributed by atoms with Gasteiger partial charge < -0.3 is 15.4 Å². The summed E-state index contributed by atoms with van der Waals surface area (Å²) < 4.78 is 5.62. The van der Waals surface area contributed by atoms with Gasteiger partial charge in [0, 0.05) is 5.56 Å². The van der Waals surface area contributed by atoms with Crippen LogP contribution in [0.3, 0.4) is 0 Å². The molecule has 1 atom stereocenters. The quantitative estimate of drug-likeness (QED) is 0.639. The maximum atomic E-state index is 13.0. The zero-order valence-corrected chi connectivity index (χ0v) is 15.5. The van der Waals surface area contributed by atoms with Crippen LogP contribution < -0.4 is 15.4 Å². The van der Waals surface area contributed by atoms with Crippen molar-refractivity contribution in [2.45, 2.75) is 19.5 Å². The van der Waals surface area contributed by atoms with Gasteiger partial charge in [0.2, 0.25) is 0 Å². The number of amides is 1. The molecule has 26 heavy (non-hydrogen) atoms. The maximum Gasteiger partial charge on any atom is 0.287 e. The molecule has 0 saturated heterocycles. The van der Waals surface area contributed by atoms with E-state index in [4.69, 9.17) is 4.74 Å². The highest BCUT2D eigenvalue weighted by Crippen LogP contribution is 2.24. The van der Waals surface area contributed by atoms with Crippen LogP contribution in [0.5, 0.6) is 5.75 Å². The lowest BCUT2D eigenvalue weighted by Gasteiger charge is -2.17. The smallest absolute Gasteiger partial charge is 0.287 e. The topological polar surface area (TPSA) is 54.9 Å². The molecule has 1 aromatic heterocycles. The van der Waals surface area contributed by atoms with Crippen molar-refractivity contribution in [2.75, 3.05) is 11.9 Å². The minimum atomic E-state index is -0.326. The van der Waals surface area contributed by atoms with E-state index in [0.29, 0.717) is 18.0 Å². The Hall–Kier alpha value is -2.63. The largest absolute Gasteiger partial charge is 0.492 e. The zero-order valence-electron chi connectivity index (χ0n) is 14.7. The SMILES string of the molecule is CCOc1ccccc1NC(=O)[C@H]([NH2+]Cc1cccs1)c1ccccc1. The van der Waals surface area contributed by atoms with Crippen molar-refractivity contribution >= 4 is 22.9 Å². The molecule has 134 valence electrons. The highest BCUT2D eigenvalue weighted by Gasteiger charge is 2.25. The van der Waals surface area contributed by atoms with E-state index in [1.807, 2.05) is 67.6 Å². The molecule has 0 bridgehead atoms. The summed E-state index contributed by atoms with van der Waals surface area (Å²) >= 11 is 1.70. The lowest BCUT2D eigenvalue weighted by atomic mass is 10.1. The van der Waals surface area contributed by atoms with Gasteiger partial charge in [-0.05, 0) is 30.5 Å². The van der Waals surface area contributed by atoms with Crippen LogP contribution in [0.25, 0.3) is 0 Å². The number of benzene rings is 2. The molecule has 0 unspecified atom stereocenters. The van der Waals surface area contributed by atoms with E-state index >= 15 is 0 Å². The molecular formula is C21H23N2O2S+. The number of carbonyl (C=O) groups is 1. The first-order chi connectivity index (χ1) is 12.8. The third-order valence-electron chi connectivity index (χ3n) is 4.02. The van der Waals surface area contributed by atoms with Crippen molar-refractivity contribution in [3.63, 3.8) is 0 Å². The summed E-state index contributed by atoms with van der Waals surface area (Å²) in [6.45, 7) is 3.25. The number of ether oxygens (including phenoxy) is 1. The molecule has 3 aromatic rings. The van der Waals surface area contributed by atoms with Gasteiger partial charge in [-0.15, -0.1) is 11.3 Å². The summed E-state index contributed by atoms with van der Waals surface area (Å²) in [6, 6.07) is 21.2. The summed E-state index contributed by atoms with van der Waals surface area (Å²) in [6.07, 6.45) is 0. The Balaban J connectivity index is 1.78. The molecule has 1 heterocycles. The normalized spacial score (nSPS) is 11.7. The van der Waals surface area contributed by atoms with Gasteiger partial charge in [-0.25, -0.2) is 0 Å². The van der Waals surface area contributed by atoms with Gasteiger partial charge in [-0.1, -0.05) is 48.5 Å². The van der Waals surface area contributed by atoms with Gasteiger partial charge in [-0.2, -0.15) is 0 Å². The average molecular weight is 367 g/mol. The van der Waals surface area contributed by atoms with Gasteiger partial charge in [0.1, 0.15) is 12.3 Å². The zero-order chi connectivity index (χ0) is 18.2. The Morgan fingerprint density at radius 3 is 2.58 bits per heavy atom. The van der Waals surface area contributed by atoms with Gasteiger partial charge in [0.25, 0.3) is 5.91 Å². The number of nitrogens with one attached hydrogen (secondary N) is 1. The van der Waals surface area contributed by atoms with E-state index in [0.717, 1.165) is 12.1 Å². The second kappa shape index (κ2) is 9.17. The Morgan fingerprint density at radius 1 is 1.08 bits per heavy atom. The van der Waals surface area contributed by atoms with Crippen LogP contribution in [0.4, 0.5) is 5.69 Å². The van der Waals surface area contributed by atoms with E-state index in [2.05, 4.69) is 22.1 Å². The first-order valence-electron chi connectivity index (χ1n) is 8.71. The molecule has 0 spiro atoms. The van der Waals surface area contributed by atoms with E-state index < -0.39 is 0 Å². The fourth-order valence-corrected chi connectivity index (χ4v) is 3.46. The molecule has 3 rings (SSSR count). The number of para-hydroxylation sites is 2. The minimum Gasteiger partial charge on any atom is -0.492 e. The second-order valence-electron chi connectivity index (χ2n) is 5.83. The van der Waals surface area contributed by atoms with Gasteiger partial charge in [0.05, 0.1) is 17.2 Å². The van der Waals surface area contributed by atoms with Crippen molar-refractivity contribution in [3.05, 3.63) is 82.6 Å². The van der Waals surface area contributed by atoms with Crippen LogP contribution in [-0.2, 0) is 11.3 Å². The van der Waals surface area contributed by atoms with Crippen LogP contribution in [-0.4, -0.2) is 12.5 Å². The Labute approximate surface area is 157 Å². The summed E-state index contributed by atoms with van der Waals surface area (Å²) in [4.78, 5) is 14.3. The van der Waals surface area contributed by atoms with Gasteiger partial charge >= 0.3 is 0 Å². The number of nitrogens with two attached hydrogens (primary N) is 1. The standard InChI is InChI=1S/C21H22N2O2S/c1-2-25-19-13-7-6-12-18(19)23-21(24)20(16-9-4-3-5-10-16)22-15-17-11-8-14-26-17/h3-14,20,22H,2,15H2,1H3,(H,23,24)/p+1/t20-/m1/s1. The highest BCUT2D eigenvalue weighted by atomic mass is 32.1. The third-order valence-corrected chi connectivity index (χ3v) is 4.92. The Kier molecular flexibility index (Phi) is 6.41. The monoisotopic (exact) mass is 367 g/mol. The summed E-state index contributed by atoms with van der Waals surface area (Å²) in [5.74, 6) is 0.633. The molecule has 1 amide bonds. The first-order valence-corrected chi connectivity index (χ1v) is 9.59. The third kappa shape index (κ3) is 4.71. The Bertz CT molecular complexity index is 819. The van der Waals surface area contributed by atoms with E-state index in [9.17, 15) is 4.79 Å². The lowest BCUT2D eigenvalue weighted by Crippen LogP contribution is -2.85. The van der Waals surface area contributed by atoms with Crippen molar-refractivity contribution < 1.29 is 14.8 Å². The number of hydrogen-bond donors (Lipinski definition) is 2. The molecule has 4 nitrogen and oxygen atoms in total. The molecule has 0 aliphatic rings. The first kappa shape index (κ1) is 18.2. The van der Waals surface area contributed by atoms with Crippen LogP contribution in [0, 0.1) is 0 Å². The number of anilines is 1. The van der Waals surface area contributed by atoms with Gasteiger partial charge in [-0.3, -0.25) is 4.79 Å². The predicted octanol–water partition coefficient (Wildman–Crippen LogP) is 3.59. The lowest BCUT2D eigenvalue weighted by molar-refractivity contribution is -0.697. The van der Waals surface area contributed by atoms with E-state index in [1.54, 1.807) is 11.3 Å². The number of rotatable bonds is 8. The number of hydrogen-bond acceptors (Lipinski definition) is 3. The summed E-state index contributed by atoms with van der Waals surface area (Å²) in [5.41, 5.74) is 1.68. The van der Waals surface area contributed by atoms with E-state index in [-0.39, 0.29) is 11.9 Å². The fraction of sp³-hybridized carbons (Fsp3) is 0.190. The fourth-order valence-electron chi connectivity index (χ4n) is 2.78. The molecule has 0 aliphatic heterocycles. The van der Waals surface area contributed by atoms with Crippen molar-refractivity contribution in [1.29, 1.82) is 0 Å². The maximum absolute atomic E-state index is 13.0. The predicted molar refractivity (Wildman–Crippen MR) is 105 cm³/mol. The van der Waals surface area contributed by atoms with Crippen molar-refractivity contribution in [1.82, 2.24) is 0 Å². The van der Waals surface area contributed by atoms with Crippen LogP contribution in [0.15, 0.2) is 72.1 Å². The van der Waals surface area contributed by atoms with E-state index in [1.165, 1.54) is 4.88 Å². The molecule has 0 fully saturated rings. The highest BCUT2D eigenvalue weighted by molar-refractivity contribution is 7.09. The average Bonchev–Trinajstić information content (AvgIpc) is 3.18. The minimum absolute atomic E-state index is 0.0556. The van der Waals surface area contributed by atoms with Crippen LogP contribution >= 0.6 is 11.3 Å². The number of thiophene rings is 1. The molecule has 3 N–H and O–H groups in total. The van der Waals surface area contributed by atoms with Crippen molar-refractivity contribution in [3.8, 4) is 5.75 Å². The number of quaternary nitrogens is 1. The van der Waals surface area contributed by atoms with Crippen LogP contribution in [0.2, 0.25) is 0 Å². The van der Waals surface area contributed by atoms with Crippen LogP contribution in [0.1, 0.15) is 23.4 Å². The molecule has 0 saturated carbocycles.